The molecular formula is C14H14N4. The third-order valence-electron chi connectivity index (χ3n) is 3.07. The number of imidazole rings is 1. The van der Waals surface area contributed by atoms with Gasteiger partial charge in [-0.1, -0.05) is 12.1 Å². The quantitative estimate of drug-likeness (QED) is 0.746. The van der Waals surface area contributed by atoms with Crippen LogP contribution in [0, 0.1) is 6.92 Å². The first-order valence-corrected chi connectivity index (χ1v) is 5.85. The highest BCUT2D eigenvalue weighted by molar-refractivity contribution is 5.78. The highest BCUT2D eigenvalue weighted by Gasteiger charge is 2.10. The van der Waals surface area contributed by atoms with Crippen LogP contribution in [0.15, 0.2) is 42.7 Å². The van der Waals surface area contributed by atoms with Gasteiger partial charge in [-0.2, -0.15) is 0 Å². The van der Waals surface area contributed by atoms with Crippen LogP contribution in [0.2, 0.25) is 0 Å². The van der Waals surface area contributed by atoms with Crippen molar-refractivity contribution in [3.8, 4) is 0 Å². The van der Waals surface area contributed by atoms with Gasteiger partial charge in [-0.05, 0) is 30.7 Å². The zero-order valence-corrected chi connectivity index (χ0v) is 10.4. The second-order valence-corrected chi connectivity index (χ2v) is 4.30. The molecule has 3 rings (SSSR count). The molecule has 0 fully saturated rings. The average Bonchev–Trinajstić information content (AvgIpc) is 2.82. The van der Waals surface area contributed by atoms with E-state index in [1.807, 2.05) is 48.5 Å². The maximum atomic E-state index is 4.57. The highest BCUT2D eigenvalue weighted by atomic mass is 15.2. The van der Waals surface area contributed by atoms with Gasteiger partial charge in [0, 0.05) is 13.2 Å². The maximum absolute atomic E-state index is 4.57. The van der Waals surface area contributed by atoms with Crippen LogP contribution in [0.3, 0.4) is 0 Å². The van der Waals surface area contributed by atoms with Crippen molar-refractivity contribution < 1.29 is 0 Å². The highest BCUT2D eigenvalue weighted by Crippen LogP contribution is 2.25. The van der Waals surface area contributed by atoms with Gasteiger partial charge in [-0.25, -0.2) is 4.98 Å². The summed E-state index contributed by atoms with van der Waals surface area (Å²) in [5, 5.41) is 0. The van der Waals surface area contributed by atoms with Crippen LogP contribution in [0.4, 0.5) is 11.6 Å². The predicted octanol–water partition coefficient (Wildman–Crippen LogP) is 3.03. The number of nitrogens with one attached hydrogen (secondary N) is 1. The third kappa shape index (κ3) is 1.72. The molecule has 0 saturated heterocycles. The number of aromatic amines is 1. The lowest BCUT2D eigenvalue weighted by atomic mass is 10.2. The molecule has 0 bridgehead atoms. The lowest BCUT2D eigenvalue weighted by Gasteiger charge is -2.17. The van der Waals surface area contributed by atoms with E-state index >= 15 is 0 Å². The standard InChI is InChI=1S/C14H14N4/c1-10-7-8-15-9-13(10)18(2)14-16-11-5-3-4-6-12(11)17-14/h3-9H,1-2H3,(H,16,17). The van der Waals surface area contributed by atoms with Gasteiger partial charge in [0.05, 0.1) is 22.9 Å². The number of H-pyrrole nitrogens is 1. The molecule has 2 aromatic heterocycles. The van der Waals surface area contributed by atoms with Crippen LogP contribution in [0.1, 0.15) is 5.56 Å². The fourth-order valence-corrected chi connectivity index (χ4v) is 2.02. The van der Waals surface area contributed by atoms with E-state index in [-0.39, 0.29) is 0 Å². The number of hydrogen-bond donors (Lipinski definition) is 1. The minimum absolute atomic E-state index is 0.826. The lowest BCUT2D eigenvalue weighted by Crippen LogP contribution is -2.12. The molecule has 0 aliphatic rings. The van der Waals surface area contributed by atoms with Crippen molar-refractivity contribution in [1.82, 2.24) is 15.0 Å². The Morgan fingerprint density at radius 1 is 1.17 bits per heavy atom. The van der Waals surface area contributed by atoms with E-state index in [2.05, 4.69) is 21.9 Å². The first kappa shape index (κ1) is 10.8. The Hall–Kier alpha value is -2.36. The van der Waals surface area contributed by atoms with Crippen LogP contribution in [0.25, 0.3) is 11.0 Å². The monoisotopic (exact) mass is 238 g/mol. The van der Waals surface area contributed by atoms with Crippen molar-refractivity contribution in [2.75, 3.05) is 11.9 Å². The van der Waals surface area contributed by atoms with Crippen molar-refractivity contribution in [3.05, 3.63) is 48.3 Å². The van der Waals surface area contributed by atoms with Crippen LogP contribution < -0.4 is 4.90 Å². The van der Waals surface area contributed by atoms with E-state index in [0.29, 0.717) is 0 Å². The van der Waals surface area contributed by atoms with Crippen molar-refractivity contribution >= 4 is 22.7 Å². The van der Waals surface area contributed by atoms with Crippen molar-refractivity contribution in [1.29, 1.82) is 0 Å². The Labute approximate surface area is 105 Å². The molecule has 1 aromatic carbocycles. The molecule has 90 valence electrons. The summed E-state index contributed by atoms with van der Waals surface area (Å²) in [6.45, 7) is 2.07. The first-order valence-electron chi connectivity index (χ1n) is 5.85. The molecule has 2 heterocycles. The summed E-state index contributed by atoms with van der Waals surface area (Å²) in [6.07, 6.45) is 3.65. The van der Waals surface area contributed by atoms with Gasteiger partial charge in [0.1, 0.15) is 0 Å². The van der Waals surface area contributed by atoms with Crippen LogP contribution in [0.5, 0.6) is 0 Å². The lowest BCUT2D eigenvalue weighted by molar-refractivity contribution is 1.08. The van der Waals surface area contributed by atoms with Crippen LogP contribution >= 0.6 is 0 Å². The number of aromatic nitrogens is 3. The summed E-state index contributed by atoms with van der Waals surface area (Å²) in [7, 11) is 1.99. The number of nitrogens with zero attached hydrogens (tertiary/aromatic N) is 3. The van der Waals surface area contributed by atoms with Gasteiger partial charge in [0.25, 0.3) is 0 Å². The number of benzene rings is 1. The fraction of sp³-hybridized carbons (Fsp3) is 0.143. The molecule has 0 spiro atoms. The summed E-state index contributed by atoms with van der Waals surface area (Å²) < 4.78 is 0. The molecule has 0 radical (unpaired) electrons. The Balaban J connectivity index is 2.07. The van der Waals surface area contributed by atoms with Crippen molar-refractivity contribution in [2.45, 2.75) is 6.92 Å². The molecule has 0 atom stereocenters. The number of para-hydroxylation sites is 2. The second-order valence-electron chi connectivity index (χ2n) is 4.30. The topological polar surface area (TPSA) is 44.8 Å². The molecule has 0 unspecified atom stereocenters. The second kappa shape index (κ2) is 4.14. The number of rotatable bonds is 2. The normalized spacial score (nSPS) is 10.8. The number of pyridine rings is 1. The summed E-state index contributed by atoms with van der Waals surface area (Å²) in [5.74, 6) is 0.826. The van der Waals surface area contributed by atoms with Crippen LogP contribution in [-0.2, 0) is 0 Å². The molecular weight excluding hydrogens is 224 g/mol. The molecule has 4 nitrogen and oxygen atoms in total. The first-order chi connectivity index (χ1) is 8.75. The summed E-state index contributed by atoms with van der Waals surface area (Å²) in [4.78, 5) is 14.1. The molecule has 3 aromatic rings. The SMILES string of the molecule is Cc1ccncc1N(C)c1nc2ccccc2[nH]1. The van der Waals surface area contributed by atoms with Gasteiger partial charge in [-0.3, -0.25) is 4.98 Å². The van der Waals surface area contributed by atoms with Gasteiger partial charge in [0.15, 0.2) is 0 Å². The average molecular weight is 238 g/mol. The van der Waals surface area contributed by atoms with Crippen molar-refractivity contribution in [3.63, 3.8) is 0 Å². The van der Waals surface area contributed by atoms with Crippen LogP contribution in [-0.4, -0.2) is 22.0 Å². The van der Waals surface area contributed by atoms with Gasteiger partial charge < -0.3 is 9.88 Å². The minimum Gasteiger partial charge on any atom is -0.324 e. The predicted molar refractivity (Wildman–Crippen MR) is 73.1 cm³/mol. The Morgan fingerprint density at radius 3 is 2.78 bits per heavy atom. The third-order valence-corrected chi connectivity index (χ3v) is 3.07. The molecule has 18 heavy (non-hydrogen) atoms. The number of fused-ring (bicyclic) bond motifs is 1. The van der Waals surface area contributed by atoms with E-state index in [0.717, 1.165) is 22.7 Å². The molecule has 1 N–H and O–H groups in total. The number of hydrogen-bond acceptors (Lipinski definition) is 3. The van der Waals surface area contributed by atoms with E-state index in [9.17, 15) is 0 Å². The summed E-state index contributed by atoms with van der Waals surface area (Å²) >= 11 is 0. The molecule has 4 heteroatoms. The van der Waals surface area contributed by atoms with E-state index < -0.39 is 0 Å². The van der Waals surface area contributed by atoms with E-state index in [1.165, 1.54) is 5.56 Å². The minimum atomic E-state index is 0.826. The van der Waals surface area contributed by atoms with Gasteiger partial charge in [0.2, 0.25) is 5.95 Å². The largest absolute Gasteiger partial charge is 0.324 e. The molecule has 0 amide bonds. The number of aryl methyl sites for hydroxylation is 1. The maximum Gasteiger partial charge on any atom is 0.208 e. The summed E-state index contributed by atoms with van der Waals surface area (Å²) in [5.41, 5.74) is 4.24. The summed E-state index contributed by atoms with van der Waals surface area (Å²) in [6, 6.07) is 10.0. The zero-order chi connectivity index (χ0) is 12.5. The van der Waals surface area contributed by atoms with Gasteiger partial charge >= 0.3 is 0 Å². The Bertz CT molecular complexity index is 654. The van der Waals surface area contributed by atoms with E-state index in [4.69, 9.17) is 0 Å². The smallest absolute Gasteiger partial charge is 0.208 e. The molecule has 0 aliphatic heterocycles. The van der Waals surface area contributed by atoms with Gasteiger partial charge in [-0.15, -0.1) is 0 Å². The Kier molecular flexibility index (Phi) is 2.48. The van der Waals surface area contributed by atoms with Crippen molar-refractivity contribution in [2.24, 2.45) is 0 Å². The number of anilines is 2. The Morgan fingerprint density at radius 2 is 2.00 bits per heavy atom. The van der Waals surface area contributed by atoms with E-state index in [1.54, 1.807) is 6.20 Å². The zero-order valence-electron chi connectivity index (χ0n) is 10.4. The molecule has 0 saturated carbocycles. The molecule has 0 aliphatic carbocycles. The fourth-order valence-electron chi connectivity index (χ4n) is 2.02.